The van der Waals surface area contributed by atoms with Gasteiger partial charge in [-0.1, -0.05) is 0 Å². The van der Waals surface area contributed by atoms with Crippen LogP contribution < -0.4 is 0 Å². The Hall–Kier alpha value is -1.88. The molecule has 0 saturated heterocycles. The van der Waals surface area contributed by atoms with Gasteiger partial charge in [0.05, 0.1) is 0 Å². The lowest BCUT2D eigenvalue weighted by atomic mass is 10.2. The molecule has 0 N–H and O–H groups in total. The average Bonchev–Trinajstić information content (AvgIpc) is 2.62. The Bertz CT molecular complexity index is 776. The number of hydrogen-bond acceptors (Lipinski definition) is 6. The standard InChI is InChI=1S/C10H6F9NO6S/c1-3-4(2)6(22)20(5(3)21)26-27(23,24)10(18,19)9(16,17)25-8(14,15)7(11,12)13/h1-2H3. The average molecular weight is 439 g/mol. The highest BCUT2D eigenvalue weighted by Crippen LogP contribution is 2.48. The van der Waals surface area contributed by atoms with Crippen LogP contribution >= 0.6 is 0 Å². The molecule has 0 unspecified atom stereocenters. The second-order valence-electron chi connectivity index (χ2n) is 4.83. The van der Waals surface area contributed by atoms with Crippen LogP contribution in [-0.2, 0) is 28.7 Å². The van der Waals surface area contributed by atoms with Gasteiger partial charge in [0, 0.05) is 11.1 Å². The van der Waals surface area contributed by atoms with Crippen LogP contribution in [0.3, 0.4) is 0 Å². The maximum Gasteiger partial charge on any atom is 0.483 e. The van der Waals surface area contributed by atoms with Crippen molar-refractivity contribution in [3.05, 3.63) is 11.1 Å². The van der Waals surface area contributed by atoms with E-state index in [0.717, 1.165) is 13.8 Å². The highest BCUT2D eigenvalue weighted by atomic mass is 32.2. The van der Waals surface area contributed by atoms with Crippen molar-refractivity contribution >= 4 is 21.9 Å². The van der Waals surface area contributed by atoms with E-state index >= 15 is 0 Å². The summed E-state index contributed by atoms with van der Waals surface area (Å²) >= 11 is 0. The zero-order valence-corrected chi connectivity index (χ0v) is 13.5. The summed E-state index contributed by atoms with van der Waals surface area (Å²) in [6.07, 6.45) is -20.8. The molecule has 0 aromatic rings. The fourth-order valence-electron chi connectivity index (χ4n) is 1.35. The monoisotopic (exact) mass is 439 g/mol. The molecule has 1 aliphatic rings. The van der Waals surface area contributed by atoms with E-state index in [0.29, 0.717) is 0 Å². The van der Waals surface area contributed by atoms with Gasteiger partial charge in [0.1, 0.15) is 0 Å². The lowest BCUT2D eigenvalue weighted by molar-refractivity contribution is -0.476. The maximum absolute atomic E-state index is 13.4. The molecule has 156 valence electrons. The van der Waals surface area contributed by atoms with Crippen molar-refractivity contribution in [2.24, 2.45) is 0 Å². The van der Waals surface area contributed by atoms with E-state index in [-0.39, 0.29) is 0 Å². The van der Waals surface area contributed by atoms with Crippen molar-refractivity contribution in [1.82, 2.24) is 5.06 Å². The van der Waals surface area contributed by atoms with E-state index in [1.54, 1.807) is 4.74 Å². The van der Waals surface area contributed by atoms with Gasteiger partial charge in [0.25, 0.3) is 11.8 Å². The van der Waals surface area contributed by atoms with Crippen LogP contribution in [0.1, 0.15) is 13.8 Å². The van der Waals surface area contributed by atoms with E-state index in [1.165, 1.54) is 0 Å². The van der Waals surface area contributed by atoms with Crippen molar-refractivity contribution in [2.45, 2.75) is 37.5 Å². The molecule has 7 nitrogen and oxygen atoms in total. The van der Waals surface area contributed by atoms with Gasteiger partial charge in [-0.3, -0.25) is 9.59 Å². The van der Waals surface area contributed by atoms with Crippen LogP contribution in [0.4, 0.5) is 39.5 Å². The van der Waals surface area contributed by atoms with Gasteiger partial charge < -0.3 is 0 Å². The summed E-state index contributed by atoms with van der Waals surface area (Å²) in [4.78, 5) is 22.9. The Morgan fingerprint density at radius 1 is 0.778 bits per heavy atom. The maximum atomic E-state index is 13.4. The first-order valence-corrected chi connectivity index (χ1v) is 7.51. The predicted molar refractivity (Wildman–Crippen MR) is 62.2 cm³/mol. The van der Waals surface area contributed by atoms with Crippen molar-refractivity contribution in [3.8, 4) is 0 Å². The summed E-state index contributed by atoms with van der Waals surface area (Å²) in [6.45, 7) is 1.79. The zero-order valence-electron chi connectivity index (χ0n) is 12.7. The van der Waals surface area contributed by atoms with Crippen LogP contribution in [0.2, 0.25) is 0 Å². The third-order valence-electron chi connectivity index (χ3n) is 2.98. The van der Waals surface area contributed by atoms with E-state index < -0.39 is 61.8 Å². The molecule has 0 atom stereocenters. The highest BCUT2D eigenvalue weighted by Gasteiger charge is 2.75. The van der Waals surface area contributed by atoms with Crippen molar-refractivity contribution in [1.29, 1.82) is 0 Å². The minimum Gasteiger partial charge on any atom is -0.267 e. The molecule has 17 heteroatoms. The number of alkyl halides is 9. The minimum atomic E-state index is -7.18. The lowest BCUT2D eigenvalue weighted by Gasteiger charge is -2.29. The molecule has 1 aliphatic heterocycles. The van der Waals surface area contributed by atoms with Crippen molar-refractivity contribution < 1.29 is 66.5 Å². The number of rotatable bonds is 6. The summed E-state index contributed by atoms with van der Waals surface area (Å²) in [5.74, 6) is -3.36. The Morgan fingerprint density at radius 2 is 1.15 bits per heavy atom. The fraction of sp³-hybridized carbons (Fsp3) is 0.600. The van der Waals surface area contributed by atoms with Gasteiger partial charge in [0.15, 0.2) is 0 Å². The number of carbonyl (C=O) groups excluding carboxylic acids is 2. The predicted octanol–water partition coefficient (Wildman–Crippen LogP) is 2.31. The molecule has 27 heavy (non-hydrogen) atoms. The number of carbonyl (C=O) groups is 2. The SMILES string of the molecule is CC1=C(C)C(=O)N(OS(=O)(=O)C(F)(F)C(F)(F)OC(F)(F)C(F)(F)F)C1=O. The second-order valence-corrected chi connectivity index (χ2v) is 6.40. The van der Waals surface area contributed by atoms with Crippen LogP contribution in [0.5, 0.6) is 0 Å². The Balaban J connectivity index is 3.22. The molecule has 1 heterocycles. The van der Waals surface area contributed by atoms with Gasteiger partial charge in [-0.05, 0) is 13.8 Å². The number of halogens is 9. The quantitative estimate of drug-likeness (QED) is 0.466. The number of nitrogens with zero attached hydrogens (tertiary/aromatic N) is 1. The van der Waals surface area contributed by atoms with E-state index in [4.69, 9.17) is 0 Å². The summed E-state index contributed by atoms with van der Waals surface area (Å²) < 4.78 is 141. The third-order valence-corrected chi connectivity index (χ3v) is 4.20. The molecule has 0 radical (unpaired) electrons. The van der Waals surface area contributed by atoms with Crippen molar-refractivity contribution in [3.63, 3.8) is 0 Å². The Morgan fingerprint density at radius 3 is 1.48 bits per heavy atom. The summed E-state index contributed by atoms with van der Waals surface area (Å²) in [7, 11) is -7.18. The third kappa shape index (κ3) is 3.75. The highest BCUT2D eigenvalue weighted by molar-refractivity contribution is 7.87. The Kier molecular flexibility index (Phi) is 5.43. The second kappa shape index (κ2) is 6.33. The van der Waals surface area contributed by atoms with Gasteiger partial charge in [-0.25, -0.2) is 4.74 Å². The number of ether oxygens (including phenoxy) is 1. The topological polar surface area (TPSA) is 90.0 Å². The summed E-state index contributed by atoms with van der Waals surface area (Å²) in [6, 6.07) is 0. The van der Waals surface area contributed by atoms with Gasteiger partial charge in [0.2, 0.25) is 0 Å². The summed E-state index contributed by atoms with van der Waals surface area (Å²) in [5, 5.41) is -7.79. The lowest BCUT2D eigenvalue weighted by Crippen LogP contribution is -2.56. The van der Waals surface area contributed by atoms with Crippen LogP contribution in [0.15, 0.2) is 11.1 Å². The number of imide groups is 1. The van der Waals surface area contributed by atoms with Gasteiger partial charge >= 0.3 is 33.8 Å². The van der Waals surface area contributed by atoms with Crippen molar-refractivity contribution in [2.75, 3.05) is 0 Å². The Labute approximate surface area is 143 Å². The molecule has 0 aliphatic carbocycles. The largest absolute Gasteiger partial charge is 0.483 e. The van der Waals surface area contributed by atoms with E-state index in [9.17, 15) is 57.5 Å². The molecule has 0 spiro atoms. The molecule has 0 fully saturated rings. The molecular formula is C10H6F9NO6S. The smallest absolute Gasteiger partial charge is 0.267 e. The molecule has 0 saturated carbocycles. The summed E-state index contributed by atoms with van der Waals surface area (Å²) in [5.41, 5.74) is -1.07. The molecule has 2 amide bonds. The molecular weight excluding hydrogens is 433 g/mol. The molecule has 0 aromatic carbocycles. The number of amides is 2. The van der Waals surface area contributed by atoms with E-state index in [1.807, 2.05) is 0 Å². The first-order chi connectivity index (χ1) is 11.7. The normalized spacial score (nSPS) is 18.0. The van der Waals surface area contributed by atoms with Crippen LogP contribution in [0.25, 0.3) is 0 Å². The first-order valence-electron chi connectivity index (χ1n) is 6.10. The van der Waals surface area contributed by atoms with Crippen LogP contribution in [0, 0.1) is 0 Å². The van der Waals surface area contributed by atoms with Gasteiger partial charge in [-0.2, -0.15) is 47.9 Å². The molecule has 0 aromatic heterocycles. The molecule has 1 rings (SSSR count). The number of hydroxylamine groups is 2. The fourth-order valence-corrected chi connectivity index (χ4v) is 2.11. The zero-order chi connectivity index (χ0) is 21.8. The molecule has 0 bridgehead atoms. The number of hydrogen-bond donors (Lipinski definition) is 0. The van der Waals surface area contributed by atoms with E-state index in [2.05, 4.69) is 4.28 Å². The van der Waals surface area contributed by atoms with Crippen LogP contribution in [-0.4, -0.2) is 48.9 Å². The van der Waals surface area contributed by atoms with Gasteiger partial charge in [-0.15, -0.1) is 9.35 Å². The first kappa shape index (κ1) is 23.2. The minimum absolute atomic E-state index is 0.537.